The number of nitrogens with zero attached hydrogens (tertiary/aromatic N) is 4. The van der Waals surface area contributed by atoms with Crippen LogP contribution in [0, 0.1) is 0 Å². The van der Waals surface area contributed by atoms with E-state index in [1.165, 1.54) is 23.7 Å². The average molecular weight is 544 g/mol. The normalized spacial score (nSPS) is 17.4. The van der Waals surface area contributed by atoms with E-state index in [4.69, 9.17) is 10.5 Å². The third-order valence-electron chi connectivity index (χ3n) is 6.25. The van der Waals surface area contributed by atoms with Gasteiger partial charge in [-0.05, 0) is 64.8 Å². The van der Waals surface area contributed by atoms with E-state index in [9.17, 15) is 13.2 Å². The van der Waals surface area contributed by atoms with Crippen molar-refractivity contribution in [1.82, 2.24) is 25.3 Å². The van der Waals surface area contributed by atoms with Crippen molar-refractivity contribution in [2.45, 2.75) is 63.8 Å². The lowest BCUT2D eigenvalue weighted by molar-refractivity contribution is -0.141. The van der Waals surface area contributed by atoms with Crippen molar-refractivity contribution in [3.8, 4) is 22.9 Å². The predicted molar refractivity (Wildman–Crippen MR) is 142 cm³/mol. The summed E-state index contributed by atoms with van der Waals surface area (Å²) in [7, 11) is 0. The summed E-state index contributed by atoms with van der Waals surface area (Å²) in [6, 6.07) is 9.25. The highest BCUT2D eigenvalue weighted by molar-refractivity contribution is 7.22. The molecule has 0 atom stereocenters. The lowest BCUT2D eigenvalue weighted by atomic mass is 9.79. The Morgan fingerprint density at radius 1 is 1.05 bits per heavy atom. The molecule has 0 bridgehead atoms. The van der Waals surface area contributed by atoms with Gasteiger partial charge in [-0.2, -0.15) is 13.2 Å². The first-order chi connectivity index (χ1) is 17.8. The summed E-state index contributed by atoms with van der Waals surface area (Å²) in [5.74, 6) is 0.782. The van der Waals surface area contributed by atoms with Crippen LogP contribution in [0.3, 0.4) is 0 Å². The molecule has 1 aliphatic rings. The molecule has 38 heavy (non-hydrogen) atoms. The first kappa shape index (κ1) is 26.1. The van der Waals surface area contributed by atoms with Gasteiger partial charge in [0.15, 0.2) is 10.9 Å². The van der Waals surface area contributed by atoms with Gasteiger partial charge in [-0.15, -0.1) is 0 Å². The van der Waals surface area contributed by atoms with E-state index in [0.29, 0.717) is 40.5 Å². The van der Waals surface area contributed by atoms with Crippen LogP contribution < -0.4 is 21.1 Å². The van der Waals surface area contributed by atoms with E-state index in [-0.39, 0.29) is 28.8 Å². The Balaban J connectivity index is 1.51. The fraction of sp³-hybridized carbons (Fsp3) is 0.385. The molecule has 0 unspecified atom stereocenters. The van der Waals surface area contributed by atoms with Gasteiger partial charge < -0.3 is 21.1 Å². The molecule has 12 heteroatoms. The second kappa shape index (κ2) is 9.35. The number of nitrogens with one attached hydrogen (secondary N) is 2. The van der Waals surface area contributed by atoms with Crippen LogP contribution >= 0.6 is 11.3 Å². The molecule has 4 aromatic rings. The Bertz CT molecular complexity index is 1470. The van der Waals surface area contributed by atoms with Crippen molar-refractivity contribution in [2.75, 3.05) is 11.1 Å². The molecule has 0 radical (unpaired) electrons. The molecule has 0 spiro atoms. The van der Waals surface area contributed by atoms with E-state index < -0.39 is 11.9 Å². The molecule has 3 aromatic heterocycles. The highest BCUT2D eigenvalue weighted by Crippen LogP contribution is 2.37. The van der Waals surface area contributed by atoms with Gasteiger partial charge in [0.25, 0.3) is 0 Å². The number of hydrogen-bond donors (Lipinski definition) is 3. The maximum Gasteiger partial charge on any atom is 0.433 e. The van der Waals surface area contributed by atoms with Crippen molar-refractivity contribution in [2.24, 2.45) is 0 Å². The summed E-state index contributed by atoms with van der Waals surface area (Å²) in [5, 5.41) is 7.29. The van der Waals surface area contributed by atoms with E-state index in [1.807, 2.05) is 12.1 Å². The fourth-order valence-corrected chi connectivity index (χ4v) is 5.98. The van der Waals surface area contributed by atoms with Crippen molar-refractivity contribution in [3.63, 3.8) is 0 Å². The molecule has 0 amide bonds. The minimum atomic E-state index is -4.59. The lowest BCUT2D eigenvalue weighted by Gasteiger charge is -2.46. The summed E-state index contributed by atoms with van der Waals surface area (Å²) in [4.78, 5) is 16.8. The van der Waals surface area contributed by atoms with Gasteiger partial charge in [-0.25, -0.2) is 19.9 Å². The van der Waals surface area contributed by atoms with Gasteiger partial charge in [0.2, 0.25) is 5.88 Å². The Labute approximate surface area is 221 Å². The minimum Gasteiger partial charge on any atom is -0.437 e. The van der Waals surface area contributed by atoms with Crippen molar-refractivity contribution in [3.05, 3.63) is 48.4 Å². The number of ether oxygens (including phenoxy) is 1. The number of hydrogen-bond acceptors (Lipinski definition) is 9. The zero-order chi connectivity index (χ0) is 27.3. The lowest BCUT2D eigenvalue weighted by Crippen LogP contribution is -2.60. The number of pyridine rings is 1. The van der Waals surface area contributed by atoms with Gasteiger partial charge in [-0.3, -0.25) is 0 Å². The van der Waals surface area contributed by atoms with Gasteiger partial charge in [0, 0.05) is 28.7 Å². The van der Waals surface area contributed by atoms with Crippen LogP contribution in [0.4, 0.5) is 24.1 Å². The van der Waals surface area contributed by atoms with Crippen LogP contribution in [0.2, 0.25) is 0 Å². The smallest absolute Gasteiger partial charge is 0.433 e. The number of anilines is 2. The van der Waals surface area contributed by atoms with E-state index >= 15 is 0 Å². The van der Waals surface area contributed by atoms with Crippen molar-refractivity contribution >= 4 is 32.5 Å². The molecule has 200 valence electrons. The molecule has 0 aliphatic carbocycles. The number of aromatic nitrogens is 4. The van der Waals surface area contributed by atoms with Crippen molar-refractivity contribution < 1.29 is 17.9 Å². The Morgan fingerprint density at radius 2 is 1.79 bits per heavy atom. The molecule has 1 saturated heterocycles. The Hall–Kier alpha value is -3.51. The molecular formula is C26H28F3N7OS. The second-order valence-electron chi connectivity index (χ2n) is 10.7. The number of nitrogen functional groups attached to an aromatic ring is 1. The number of rotatable bonds is 5. The second-order valence-corrected chi connectivity index (χ2v) is 11.8. The van der Waals surface area contributed by atoms with E-state index in [1.54, 1.807) is 12.1 Å². The predicted octanol–water partition coefficient (Wildman–Crippen LogP) is 6.26. The van der Waals surface area contributed by atoms with Crippen LogP contribution in [0.25, 0.3) is 21.5 Å². The maximum atomic E-state index is 13.6. The standard InChI is InChI=1S/C26H28F3N7OS/c1-24(2)11-14(12-25(3,4)36-24)33-22-15(8-9-19(34-22)26(27,28)29)16-10-20(32-13-31-16)37-17-6-5-7-18-21(17)35-23(30)38-18/h5-10,13-14,36H,11-12H2,1-4H3,(H2,30,35)(H,33,34). The average Bonchev–Trinajstić information content (AvgIpc) is 3.18. The number of para-hydroxylation sites is 1. The summed E-state index contributed by atoms with van der Waals surface area (Å²) in [6.45, 7) is 8.31. The molecule has 1 aliphatic heterocycles. The quantitative estimate of drug-likeness (QED) is 0.270. The number of piperidine rings is 1. The highest BCUT2D eigenvalue weighted by atomic mass is 32.1. The molecule has 8 nitrogen and oxygen atoms in total. The molecule has 0 saturated carbocycles. The summed E-state index contributed by atoms with van der Waals surface area (Å²) >= 11 is 1.34. The number of benzene rings is 1. The number of thiazole rings is 1. The Kier molecular flexibility index (Phi) is 6.42. The molecular weight excluding hydrogens is 515 g/mol. The van der Waals surface area contributed by atoms with Gasteiger partial charge in [0.1, 0.15) is 23.4 Å². The van der Waals surface area contributed by atoms with Gasteiger partial charge in [-0.1, -0.05) is 17.4 Å². The van der Waals surface area contributed by atoms with Crippen LogP contribution in [-0.4, -0.2) is 37.1 Å². The first-order valence-corrected chi connectivity index (χ1v) is 12.9. The van der Waals surface area contributed by atoms with Crippen LogP contribution in [0.15, 0.2) is 42.7 Å². The molecule has 5 rings (SSSR count). The van der Waals surface area contributed by atoms with Gasteiger partial charge >= 0.3 is 6.18 Å². The Morgan fingerprint density at radius 3 is 2.50 bits per heavy atom. The zero-order valence-corrected chi connectivity index (χ0v) is 22.2. The number of nitrogens with two attached hydrogens (primary N) is 1. The zero-order valence-electron chi connectivity index (χ0n) is 21.3. The molecule has 4 N–H and O–H groups in total. The van der Waals surface area contributed by atoms with Crippen LogP contribution in [0.1, 0.15) is 46.2 Å². The van der Waals surface area contributed by atoms with E-state index in [2.05, 4.69) is 58.3 Å². The van der Waals surface area contributed by atoms with Crippen LogP contribution in [-0.2, 0) is 6.18 Å². The van der Waals surface area contributed by atoms with Gasteiger partial charge in [0.05, 0.1) is 10.4 Å². The highest BCUT2D eigenvalue weighted by Gasteiger charge is 2.39. The summed E-state index contributed by atoms with van der Waals surface area (Å²) < 4.78 is 47.7. The van der Waals surface area contributed by atoms with E-state index in [0.717, 1.165) is 10.8 Å². The molecule has 4 heterocycles. The minimum absolute atomic E-state index is 0.109. The monoisotopic (exact) mass is 543 g/mol. The summed E-state index contributed by atoms with van der Waals surface area (Å²) in [5.41, 5.74) is 5.84. The summed E-state index contributed by atoms with van der Waals surface area (Å²) in [6.07, 6.45) is -1.88. The van der Waals surface area contributed by atoms with Crippen LogP contribution in [0.5, 0.6) is 11.6 Å². The number of halogens is 3. The fourth-order valence-electron chi connectivity index (χ4n) is 5.23. The third-order valence-corrected chi connectivity index (χ3v) is 7.10. The third kappa shape index (κ3) is 5.65. The number of fused-ring (bicyclic) bond motifs is 1. The number of alkyl halides is 3. The maximum absolute atomic E-state index is 13.6. The van der Waals surface area contributed by atoms with Crippen molar-refractivity contribution in [1.29, 1.82) is 0 Å². The largest absolute Gasteiger partial charge is 0.437 e. The topological polar surface area (TPSA) is 111 Å². The first-order valence-electron chi connectivity index (χ1n) is 12.1. The molecule has 1 aromatic carbocycles. The SMILES string of the molecule is CC1(C)CC(Nc2nc(C(F)(F)F)ccc2-c2cc(Oc3cccc4sc(N)nc34)ncn2)CC(C)(C)N1. The molecule has 1 fully saturated rings.